The zero-order valence-corrected chi connectivity index (χ0v) is 12.8. The van der Waals surface area contributed by atoms with E-state index in [1.807, 2.05) is 4.90 Å². The van der Waals surface area contributed by atoms with Gasteiger partial charge in [0.25, 0.3) is 5.91 Å². The molecule has 1 aromatic heterocycles. The van der Waals surface area contributed by atoms with Crippen molar-refractivity contribution in [3.63, 3.8) is 0 Å². The minimum Gasteiger partial charge on any atom is -0.337 e. The van der Waals surface area contributed by atoms with Crippen LogP contribution in [-0.2, 0) is 0 Å². The Kier molecular flexibility index (Phi) is 3.39. The Morgan fingerprint density at radius 3 is 2.53 bits per heavy atom. The molecule has 2 fully saturated rings. The van der Waals surface area contributed by atoms with Gasteiger partial charge in [0.1, 0.15) is 0 Å². The Bertz CT molecular complexity index is 487. The highest BCUT2D eigenvalue weighted by atomic mass is 79.9. The lowest BCUT2D eigenvalue weighted by Gasteiger charge is -2.16. The molecule has 0 aromatic carbocycles. The zero-order chi connectivity index (χ0) is 13.6. The van der Waals surface area contributed by atoms with E-state index in [-0.39, 0.29) is 5.91 Å². The number of likely N-dealkylation sites (tertiary alicyclic amines) is 1. The van der Waals surface area contributed by atoms with Crippen molar-refractivity contribution in [2.75, 3.05) is 26.2 Å². The van der Waals surface area contributed by atoms with Crippen molar-refractivity contribution >= 4 is 21.8 Å². The van der Waals surface area contributed by atoms with Gasteiger partial charge in [0.2, 0.25) is 0 Å². The Morgan fingerprint density at radius 1 is 1.37 bits per heavy atom. The van der Waals surface area contributed by atoms with E-state index >= 15 is 0 Å². The number of halogens is 1. The molecule has 3 heterocycles. The minimum absolute atomic E-state index is 0.0458. The predicted octanol–water partition coefficient (Wildman–Crippen LogP) is 1.59. The van der Waals surface area contributed by atoms with Gasteiger partial charge in [-0.25, -0.2) is 0 Å². The molecule has 3 rings (SSSR count). The summed E-state index contributed by atoms with van der Waals surface area (Å²) in [5.74, 6) is 1.60. The summed E-state index contributed by atoms with van der Waals surface area (Å²) in [6, 6.07) is 0. The molecule has 0 spiro atoms. The summed E-state index contributed by atoms with van der Waals surface area (Å²) in [6.45, 7) is 7.94. The molecule has 104 valence electrons. The molecule has 0 aliphatic carbocycles. The van der Waals surface area contributed by atoms with Gasteiger partial charge in [-0.3, -0.25) is 9.89 Å². The summed E-state index contributed by atoms with van der Waals surface area (Å²) >= 11 is 3.51. The highest BCUT2D eigenvalue weighted by molar-refractivity contribution is 9.10. The van der Waals surface area contributed by atoms with Gasteiger partial charge in [-0.15, -0.1) is 0 Å². The van der Waals surface area contributed by atoms with Crippen LogP contribution in [0.4, 0.5) is 0 Å². The van der Waals surface area contributed by atoms with Gasteiger partial charge in [-0.2, -0.15) is 5.10 Å². The van der Waals surface area contributed by atoms with Crippen molar-refractivity contribution < 1.29 is 4.79 Å². The maximum atomic E-state index is 12.5. The van der Waals surface area contributed by atoms with Crippen LogP contribution in [0.15, 0.2) is 4.47 Å². The Hall–Kier alpha value is -0.880. The van der Waals surface area contributed by atoms with E-state index in [0.717, 1.165) is 36.3 Å². The molecule has 2 aliphatic heterocycles. The fourth-order valence-electron chi connectivity index (χ4n) is 3.04. The summed E-state index contributed by atoms with van der Waals surface area (Å²) in [5.41, 5.74) is 1.51. The molecule has 1 amide bonds. The first-order valence-corrected chi connectivity index (χ1v) is 7.61. The lowest BCUT2D eigenvalue weighted by Crippen LogP contribution is -2.32. The number of carbonyl (C=O) groups excluding carboxylic acids is 1. The summed E-state index contributed by atoms with van der Waals surface area (Å²) < 4.78 is 0.822. The average molecular weight is 327 g/mol. The second-order valence-corrected chi connectivity index (χ2v) is 6.64. The van der Waals surface area contributed by atoms with E-state index in [0.29, 0.717) is 23.4 Å². The molecule has 0 radical (unpaired) electrons. The number of hydrogen-bond donors (Lipinski definition) is 2. The van der Waals surface area contributed by atoms with Gasteiger partial charge in [0.15, 0.2) is 5.69 Å². The fraction of sp³-hybridized carbons (Fsp3) is 0.692. The lowest BCUT2D eigenvalue weighted by molar-refractivity contribution is 0.0775. The van der Waals surface area contributed by atoms with Gasteiger partial charge in [-0.1, -0.05) is 13.8 Å². The highest BCUT2D eigenvalue weighted by Crippen LogP contribution is 2.30. The number of fused-ring (bicyclic) bond motifs is 1. The minimum atomic E-state index is 0.0458. The maximum Gasteiger partial charge on any atom is 0.275 e. The molecule has 2 N–H and O–H groups in total. The summed E-state index contributed by atoms with van der Waals surface area (Å²) in [4.78, 5) is 14.5. The van der Waals surface area contributed by atoms with Crippen LogP contribution in [0.25, 0.3) is 0 Å². The van der Waals surface area contributed by atoms with Crippen LogP contribution in [0, 0.1) is 11.8 Å². The average Bonchev–Trinajstić information content (AvgIpc) is 3.00. The number of nitrogens with zero attached hydrogens (tertiary/aromatic N) is 2. The molecule has 19 heavy (non-hydrogen) atoms. The molecular formula is C13H19BrN4O. The SMILES string of the molecule is CC(C)c1[nH]nc(C(=O)N2C[C@H]3CNC[C@H]3C2)c1Br. The smallest absolute Gasteiger partial charge is 0.275 e. The van der Waals surface area contributed by atoms with Crippen molar-refractivity contribution in [2.24, 2.45) is 11.8 Å². The van der Waals surface area contributed by atoms with Crippen LogP contribution >= 0.6 is 15.9 Å². The zero-order valence-electron chi connectivity index (χ0n) is 11.2. The number of rotatable bonds is 2. The summed E-state index contributed by atoms with van der Waals surface area (Å²) in [7, 11) is 0. The second kappa shape index (κ2) is 4.90. The van der Waals surface area contributed by atoms with Gasteiger partial charge in [-0.05, 0) is 33.7 Å². The quantitative estimate of drug-likeness (QED) is 0.867. The number of aromatic nitrogens is 2. The molecular weight excluding hydrogens is 308 g/mol. The Labute approximate surface area is 121 Å². The normalized spacial score (nSPS) is 26.2. The van der Waals surface area contributed by atoms with Gasteiger partial charge < -0.3 is 10.2 Å². The van der Waals surface area contributed by atoms with Crippen LogP contribution in [0.1, 0.15) is 35.9 Å². The first kappa shape index (κ1) is 13.1. The Morgan fingerprint density at radius 2 is 2.00 bits per heavy atom. The van der Waals surface area contributed by atoms with E-state index in [1.165, 1.54) is 0 Å². The third-order valence-electron chi connectivity index (χ3n) is 4.19. The van der Waals surface area contributed by atoms with Crippen LogP contribution in [0.3, 0.4) is 0 Å². The predicted molar refractivity (Wildman–Crippen MR) is 76.1 cm³/mol. The molecule has 5 nitrogen and oxygen atoms in total. The number of nitrogens with one attached hydrogen (secondary N) is 2. The van der Waals surface area contributed by atoms with Crippen molar-refractivity contribution in [3.05, 3.63) is 15.9 Å². The van der Waals surface area contributed by atoms with E-state index in [2.05, 4.69) is 45.3 Å². The molecule has 0 bridgehead atoms. The molecule has 1 aromatic rings. The first-order valence-electron chi connectivity index (χ1n) is 6.81. The largest absolute Gasteiger partial charge is 0.337 e. The number of hydrogen-bond acceptors (Lipinski definition) is 3. The van der Waals surface area contributed by atoms with Gasteiger partial charge >= 0.3 is 0 Å². The summed E-state index contributed by atoms with van der Waals surface area (Å²) in [5, 5.41) is 10.6. The highest BCUT2D eigenvalue weighted by Gasteiger charge is 2.39. The standard InChI is InChI=1S/C13H19BrN4O/c1-7(2)11-10(14)12(17-16-11)13(19)18-5-8-3-15-4-9(8)6-18/h7-9,15H,3-6H2,1-2H3,(H,16,17)/t8-,9+. The molecule has 0 saturated carbocycles. The van der Waals surface area contributed by atoms with Crippen LogP contribution < -0.4 is 5.32 Å². The van der Waals surface area contributed by atoms with Crippen LogP contribution in [0.2, 0.25) is 0 Å². The molecule has 2 atom stereocenters. The van der Waals surface area contributed by atoms with Gasteiger partial charge in [0.05, 0.1) is 10.2 Å². The topological polar surface area (TPSA) is 61.0 Å². The number of carbonyl (C=O) groups is 1. The summed E-state index contributed by atoms with van der Waals surface area (Å²) in [6.07, 6.45) is 0. The Balaban J connectivity index is 1.78. The number of aromatic amines is 1. The third-order valence-corrected chi connectivity index (χ3v) is 4.99. The first-order chi connectivity index (χ1) is 9.08. The second-order valence-electron chi connectivity index (χ2n) is 5.84. The van der Waals surface area contributed by atoms with Crippen molar-refractivity contribution in [1.82, 2.24) is 20.4 Å². The maximum absolute atomic E-state index is 12.5. The number of amides is 1. The third kappa shape index (κ3) is 2.21. The molecule has 2 aliphatic rings. The molecule has 0 unspecified atom stereocenters. The number of H-pyrrole nitrogens is 1. The van der Waals surface area contributed by atoms with E-state index in [9.17, 15) is 4.79 Å². The van der Waals surface area contributed by atoms with E-state index in [4.69, 9.17) is 0 Å². The fourth-order valence-corrected chi connectivity index (χ4v) is 3.84. The van der Waals surface area contributed by atoms with Crippen molar-refractivity contribution in [1.29, 1.82) is 0 Å². The van der Waals surface area contributed by atoms with Crippen molar-refractivity contribution in [2.45, 2.75) is 19.8 Å². The molecule has 6 heteroatoms. The van der Waals surface area contributed by atoms with Crippen LogP contribution in [0.5, 0.6) is 0 Å². The van der Waals surface area contributed by atoms with Crippen LogP contribution in [-0.4, -0.2) is 47.2 Å². The monoisotopic (exact) mass is 326 g/mol. The van der Waals surface area contributed by atoms with Gasteiger partial charge in [0, 0.05) is 26.2 Å². The van der Waals surface area contributed by atoms with Crippen molar-refractivity contribution in [3.8, 4) is 0 Å². The molecule has 2 saturated heterocycles. The lowest BCUT2D eigenvalue weighted by atomic mass is 10.0. The van der Waals surface area contributed by atoms with E-state index < -0.39 is 0 Å². The van der Waals surface area contributed by atoms with E-state index in [1.54, 1.807) is 0 Å².